The van der Waals surface area contributed by atoms with Crippen LogP contribution in [0.1, 0.15) is 37.3 Å². The summed E-state index contributed by atoms with van der Waals surface area (Å²) >= 11 is 0. The van der Waals surface area contributed by atoms with Gasteiger partial charge in [-0.3, -0.25) is 4.90 Å². The smallest absolute Gasteiger partial charge is 0.131 e. The van der Waals surface area contributed by atoms with Gasteiger partial charge in [-0.25, -0.2) is 9.97 Å². The summed E-state index contributed by atoms with van der Waals surface area (Å²) in [5.74, 6) is 1.56. The Balaban J connectivity index is 0.00000156. The van der Waals surface area contributed by atoms with Crippen LogP contribution < -0.4 is 10.6 Å². The van der Waals surface area contributed by atoms with Gasteiger partial charge < -0.3 is 15.4 Å². The van der Waals surface area contributed by atoms with E-state index in [0.717, 1.165) is 57.2 Å². The summed E-state index contributed by atoms with van der Waals surface area (Å²) in [4.78, 5) is 13.6. The van der Waals surface area contributed by atoms with E-state index < -0.39 is 0 Å². The molecule has 1 saturated heterocycles. The molecule has 1 aromatic heterocycles. The number of aromatic nitrogens is 2. The molecular weight excluding hydrogens is 361 g/mol. The highest BCUT2D eigenvalue weighted by Crippen LogP contribution is 2.35. The van der Waals surface area contributed by atoms with Gasteiger partial charge in [0.15, 0.2) is 0 Å². The topological polar surface area (TPSA) is 67.5 Å². The zero-order valence-electron chi connectivity index (χ0n) is 15.0. The minimum atomic E-state index is 0. The molecule has 0 unspecified atom stereocenters. The van der Waals surface area contributed by atoms with Crippen LogP contribution in [0.2, 0.25) is 0 Å². The third-order valence-corrected chi connectivity index (χ3v) is 4.98. The van der Waals surface area contributed by atoms with Gasteiger partial charge in [-0.05, 0) is 32.2 Å². The van der Waals surface area contributed by atoms with Crippen molar-refractivity contribution in [2.75, 3.05) is 51.3 Å². The number of morpholine rings is 1. The first-order valence-electron chi connectivity index (χ1n) is 8.81. The summed E-state index contributed by atoms with van der Waals surface area (Å²) in [5.41, 5.74) is 7.03. The van der Waals surface area contributed by atoms with Crippen LogP contribution >= 0.6 is 24.8 Å². The van der Waals surface area contributed by atoms with Crippen molar-refractivity contribution in [3.05, 3.63) is 18.1 Å². The lowest BCUT2D eigenvalue weighted by Gasteiger charge is -2.32. The number of anilines is 1. The molecule has 0 radical (unpaired) electrons. The number of nitrogens with two attached hydrogens (primary N) is 1. The van der Waals surface area contributed by atoms with E-state index in [2.05, 4.69) is 32.9 Å². The second-order valence-electron chi connectivity index (χ2n) is 6.81. The van der Waals surface area contributed by atoms with Gasteiger partial charge in [0, 0.05) is 50.4 Å². The Morgan fingerprint density at radius 3 is 2.60 bits per heavy atom. The van der Waals surface area contributed by atoms with E-state index in [9.17, 15) is 0 Å². The van der Waals surface area contributed by atoms with E-state index >= 15 is 0 Å². The Hall–Kier alpha value is -0.660. The van der Waals surface area contributed by atoms with Gasteiger partial charge in [0.25, 0.3) is 0 Å². The molecule has 2 aliphatic rings. The molecule has 25 heavy (non-hydrogen) atoms. The molecular formula is C17H31Cl2N5O. The molecule has 6 nitrogen and oxygen atoms in total. The molecule has 8 heteroatoms. The zero-order valence-corrected chi connectivity index (χ0v) is 16.6. The minimum Gasteiger partial charge on any atom is -0.379 e. The molecule has 1 aliphatic carbocycles. The lowest BCUT2D eigenvalue weighted by Crippen LogP contribution is -2.37. The second-order valence-corrected chi connectivity index (χ2v) is 6.81. The number of nitrogens with zero attached hydrogens (tertiary/aromatic N) is 4. The molecule has 0 amide bonds. The molecule has 0 atom stereocenters. The number of halogens is 2. The van der Waals surface area contributed by atoms with Gasteiger partial charge in [0.05, 0.1) is 13.2 Å². The average Bonchev–Trinajstić information content (AvgIpc) is 2.57. The first-order chi connectivity index (χ1) is 11.2. The Morgan fingerprint density at radius 1 is 1.20 bits per heavy atom. The predicted octanol–water partition coefficient (Wildman–Crippen LogP) is 2.07. The lowest BCUT2D eigenvalue weighted by atomic mass is 9.78. The minimum absolute atomic E-state index is 0. The number of hydrogen-bond acceptors (Lipinski definition) is 6. The van der Waals surface area contributed by atoms with E-state index in [0.29, 0.717) is 12.0 Å². The second kappa shape index (κ2) is 11.1. The molecule has 2 heterocycles. The van der Waals surface area contributed by atoms with Crippen LogP contribution in [-0.4, -0.2) is 67.4 Å². The highest BCUT2D eigenvalue weighted by Gasteiger charge is 2.28. The zero-order chi connectivity index (χ0) is 16.1. The largest absolute Gasteiger partial charge is 0.379 e. The SMILES string of the molecule is CN(CCCCN1CCOCC1)c1cc(C2CC(N)C2)ncn1.Cl.Cl. The fourth-order valence-corrected chi connectivity index (χ4v) is 3.32. The normalized spacial score (nSPS) is 23.1. The summed E-state index contributed by atoms with van der Waals surface area (Å²) in [6.45, 7) is 6.13. The summed E-state index contributed by atoms with van der Waals surface area (Å²) in [7, 11) is 2.12. The van der Waals surface area contributed by atoms with Gasteiger partial charge in [-0.1, -0.05) is 0 Å². The van der Waals surface area contributed by atoms with Crippen LogP contribution in [-0.2, 0) is 4.74 Å². The molecule has 1 aromatic rings. The molecule has 0 spiro atoms. The summed E-state index contributed by atoms with van der Waals surface area (Å²) < 4.78 is 5.38. The van der Waals surface area contributed by atoms with Crippen molar-refractivity contribution in [3.63, 3.8) is 0 Å². The van der Waals surface area contributed by atoms with Crippen LogP contribution in [0.5, 0.6) is 0 Å². The van der Waals surface area contributed by atoms with Crippen LogP contribution in [0.25, 0.3) is 0 Å². The maximum Gasteiger partial charge on any atom is 0.131 e. The van der Waals surface area contributed by atoms with Crippen LogP contribution in [0, 0.1) is 0 Å². The standard InChI is InChI=1S/C17H29N5O.2ClH/c1-21(4-2-3-5-22-6-8-23-9-7-22)17-12-16(19-13-20-17)14-10-15(18)11-14;;/h12-15H,2-11,18H2,1H3;2*1H. The summed E-state index contributed by atoms with van der Waals surface area (Å²) in [6, 6.07) is 2.50. The van der Waals surface area contributed by atoms with E-state index in [1.165, 1.54) is 19.4 Å². The van der Waals surface area contributed by atoms with Crippen LogP contribution in [0.3, 0.4) is 0 Å². The highest BCUT2D eigenvalue weighted by molar-refractivity contribution is 5.85. The third kappa shape index (κ3) is 6.53. The van der Waals surface area contributed by atoms with E-state index in [1.807, 2.05) is 0 Å². The Bertz CT molecular complexity index is 496. The molecule has 2 N–H and O–H groups in total. The highest BCUT2D eigenvalue weighted by atomic mass is 35.5. The van der Waals surface area contributed by atoms with Crippen LogP contribution in [0.4, 0.5) is 5.82 Å². The maximum atomic E-state index is 5.88. The first kappa shape index (κ1) is 22.4. The van der Waals surface area contributed by atoms with Crippen molar-refractivity contribution >= 4 is 30.6 Å². The predicted molar refractivity (Wildman–Crippen MR) is 106 cm³/mol. The summed E-state index contributed by atoms with van der Waals surface area (Å²) in [5, 5.41) is 0. The number of hydrogen-bond donors (Lipinski definition) is 1. The van der Waals surface area contributed by atoms with E-state index in [1.54, 1.807) is 6.33 Å². The quantitative estimate of drug-likeness (QED) is 0.717. The van der Waals surface area contributed by atoms with Crippen molar-refractivity contribution in [1.29, 1.82) is 0 Å². The maximum absolute atomic E-state index is 5.88. The Morgan fingerprint density at radius 2 is 1.92 bits per heavy atom. The fraction of sp³-hybridized carbons (Fsp3) is 0.765. The van der Waals surface area contributed by atoms with Gasteiger partial charge in [0.1, 0.15) is 12.1 Å². The molecule has 2 fully saturated rings. The van der Waals surface area contributed by atoms with Gasteiger partial charge >= 0.3 is 0 Å². The number of rotatable bonds is 7. The van der Waals surface area contributed by atoms with Gasteiger partial charge in [-0.15, -0.1) is 24.8 Å². The van der Waals surface area contributed by atoms with Crippen molar-refractivity contribution in [3.8, 4) is 0 Å². The third-order valence-electron chi connectivity index (χ3n) is 4.98. The molecule has 3 rings (SSSR count). The fourth-order valence-electron chi connectivity index (χ4n) is 3.32. The first-order valence-corrected chi connectivity index (χ1v) is 8.81. The number of unbranched alkanes of at least 4 members (excludes halogenated alkanes) is 1. The van der Waals surface area contributed by atoms with Gasteiger partial charge in [-0.2, -0.15) is 0 Å². The number of ether oxygens (including phenoxy) is 1. The molecule has 0 bridgehead atoms. The van der Waals surface area contributed by atoms with E-state index in [4.69, 9.17) is 10.5 Å². The Labute approximate surface area is 163 Å². The molecule has 1 aliphatic heterocycles. The van der Waals surface area contributed by atoms with Crippen molar-refractivity contribution in [2.24, 2.45) is 5.73 Å². The average molecular weight is 392 g/mol. The van der Waals surface area contributed by atoms with Crippen LogP contribution in [0.15, 0.2) is 12.4 Å². The monoisotopic (exact) mass is 391 g/mol. The van der Waals surface area contributed by atoms with Gasteiger partial charge in [0.2, 0.25) is 0 Å². The summed E-state index contributed by atoms with van der Waals surface area (Å²) in [6.07, 6.45) is 6.21. The molecule has 1 saturated carbocycles. The lowest BCUT2D eigenvalue weighted by molar-refractivity contribution is 0.0372. The van der Waals surface area contributed by atoms with Crippen molar-refractivity contribution in [1.82, 2.24) is 14.9 Å². The van der Waals surface area contributed by atoms with E-state index in [-0.39, 0.29) is 24.8 Å². The Kier molecular flexibility index (Phi) is 9.97. The van der Waals surface area contributed by atoms with Crippen molar-refractivity contribution in [2.45, 2.75) is 37.6 Å². The van der Waals surface area contributed by atoms with Crippen molar-refractivity contribution < 1.29 is 4.74 Å². The molecule has 144 valence electrons. The molecule has 0 aromatic carbocycles.